The van der Waals surface area contributed by atoms with Crippen molar-refractivity contribution in [3.8, 4) is 33.6 Å². The Morgan fingerprint density at radius 3 is 1.29 bits per heavy atom. The summed E-state index contributed by atoms with van der Waals surface area (Å²) in [6.45, 7) is 20.0. The number of hydrogen-bond acceptors (Lipinski definition) is 8. The van der Waals surface area contributed by atoms with Crippen molar-refractivity contribution in [1.29, 1.82) is 0 Å². The van der Waals surface area contributed by atoms with Crippen LogP contribution in [-0.4, -0.2) is 90.1 Å². The Hall–Kier alpha value is -5.66. The van der Waals surface area contributed by atoms with Crippen LogP contribution in [0, 0.1) is 11.8 Å². The fraction of sp³-hybridized carbons (Fsp3) is 0.542. The molecular weight excluding hydrogens is 785 g/mol. The molecule has 334 valence electrons. The molecule has 1 unspecified atom stereocenters. The number of hydrogen-bond donors (Lipinski definition) is 4. The van der Waals surface area contributed by atoms with Gasteiger partial charge in [-0.05, 0) is 101 Å². The molecule has 2 aromatic heterocycles. The molecule has 0 aliphatic carbocycles. The molecule has 2 aliphatic heterocycles. The van der Waals surface area contributed by atoms with Crippen LogP contribution < -0.4 is 10.6 Å². The van der Waals surface area contributed by atoms with Gasteiger partial charge in [0.2, 0.25) is 11.8 Å². The van der Waals surface area contributed by atoms with Gasteiger partial charge in [0.1, 0.15) is 34.9 Å². The summed E-state index contributed by atoms with van der Waals surface area (Å²) >= 11 is 0. The smallest absolute Gasteiger partial charge is 0.408 e. The fourth-order valence-corrected chi connectivity index (χ4v) is 8.21. The Kier molecular flexibility index (Phi) is 14.2. The number of benzene rings is 2. The van der Waals surface area contributed by atoms with Crippen molar-refractivity contribution >= 4 is 24.0 Å². The molecule has 2 fully saturated rings. The van der Waals surface area contributed by atoms with Crippen molar-refractivity contribution in [3.63, 3.8) is 0 Å². The summed E-state index contributed by atoms with van der Waals surface area (Å²) < 4.78 is 11.0. The normalized spacial score (nSPS) is 18.8. The molecule has 0 radical (unpaired) electrons. The van der Waals surface area contributed by atoms with E-state index in [2.05, 4.69) is 69.1 Å². The molecule has 2 saturated heterocycles. The molecule has 0 saturated carbocycles. The molecule has 6 atom stereocenters. The number of carbonyl (C=O) groups excluding carboxylic acids is 4. The number of nitrogens with zero attached hydrogens (tertiary/aromatic N) is 4. The maximum atomic E-state index is 14.0. The maximum absolute atomic E-state index is 14.0. The van der Waals surface area contributed by atoms with E-state index < -0.39 is 35.5 Å². The molecule has 0 bridgehead atoms. The monoisotopic (exact) mass is 851 g/mol. The van der Waals surface area contributed by atoms with E-state index in [-0.39, 0.29) is 35.7 Å². The number of rotatable bonds is 13. The first-order valence-corrected chi connectivity index (χ1v) is 22.3. The van der Waals surface area contributed by atoms with E-state index >= 15 is 0 Å². The molecule has 62 heavy (non-hydrogen) atoms. The van der Waals surface area contributed by atoms with Crippen LogP contribution in [0.4, 0.5) is 9.59 Å². The lowest BCUT2D eigenvalue weighted by Gasteiger charge is -2.31. The zero-order valence-corrected chi connectivity index (χ0v) is 38.1. The Bertz CT molecular complexity index is 2010. The van der Waals surface area contributed by atoms with E-state index in [1.54, 1.807) is 41.5 Å². The van der Waals surface area contributed by atoms with E-state index in [9.17, 15) is 19.2 Å². The summed E-state index contributed by atoms with van der Waals surface area (Å²) in [5.41, 5.74) is 4.45. The molecule has 14 nitrogen and oxygen atoms in total. The van der Waals surface area contributed by atoms with Crippen LogP contribution in [0.3, 0.4) is 0 Å². The Morgan fingerprint density at radius 2 is 0.968 bits per heavy atom. The van der Waals surface area contributed by atoms with Crippen molar-refractivity contribution in [2.45, 2.75) is 143 Å². The zero-order valence-electron chi connectivity index (χ0n) is 38.1. The molecule has 4 amide bonds. The van der Waals surface area contributed by atoms with Gasteiger partial charge in [0.05, 0.1) is 35.9 Å². The third-order valence-electron chi connectivity index (χ3n) is 11.9. The van der Waals surface area contributed by atoms with Crippen LogP contribution >= 0.6 is 0 Å². The predicted octanol–water partition coefficient (Wildman–Crippen LogP) is 9.34. The highest BCUT2D eigenvalue weighted by Crippen LogP contribution is 2.35. The molecule has 4 heterocycles. The van der Waals surface area contributed by atoms with Gasteiger partial charge in [-0.2, -0.15) is 0 Å². The Balaban J connectivity index is 1.10. The van der Waals surface area contributed by atoms with Crippen LogP contribution in [0.25, 0.3) is 33.6 Å². The van der Waals surface area contributed by atoms with E-state index in [1.165, 1.54) is 0 Å². The Labute approximate surface area is 366 Å². The molecule has 2 aromatic carbocycles. The van der Waals surface area contributed by atoms with Crippen LogP contribution in [0.2, 0.25) is 0 Å². The van der Waals surface area contributed by atoms with Gasteiger partial charge in [-0.3, -0.25) is 9.59 Å². The lowest BCUT2D eigenvalue weighted by Crippen LogP contribution is -2.52. The van der Waals surface area contributed by atoms with Gasteiger partial charge in [-0.15, -0.1) is 0 Å². The van der Waals surface area contributed by atoms with E-state index in [0.717, 1.165) is 83.8 Å². The number of imidazole rings is 2. The second-order valence-corrected chi connectivity index (χ2v) is 18.9. The predicted molar refractivity (Wildman–Crippen MR) is 240 cm³/mol. The maximum Gasteiger partial charge on any atom is 0.408 e. The number of likely N-dealkylation sites (tertiary alicyclic amines) is 2. The first-order valence-electron chi connectivity index (χ1n) is 22.3. The van der Waals surface area contributed by atoms with Crippen molar-refractivity contribution in [1.82, 2.24) is 40.4 Å². The van der Waals surface area contributed by atoms with Crippen molar-refractivity contribution in [2.75, 3.05) is 13.1 Å². The summed E-state index contributed by atoms with van der Waals surface area (Å²) in [4.78, 5) is 73.5. The van der Waals surface area contributed by atoms with Gasteiger partial charge in [-0.25, -0.2) is 19.6 Å². The second kappa shape index (κ2) is 19.2. The quantitative estimate of drug-likeness (QED) is 0.103. The van der Waals surface area contributed by atoms with Crippen LogP contribution in [0.15, 0.2) is 60.9 Å². The highest BCUT2D eigenvalue weighted by Gasteiger charge is 2.40. The molecule has 2 aliphatic rings. The summed E-state index contributed by atoms with van der Waals surface area (Å²) in [6, 6.07) is 14.7. The highest BCUT2D eigenvalue weighted by molar-refractivity contribution is 5.87. The molecule has 14 heteroatoms. The SMILES string of the molecule is CC[C@@H](C)[C@H](NC(=O)OC(C)(C)C)C(=O)N1CCCC1c1ncc(-c2ccc(-c3ccc(-c4cnc([C@@H]5CCCN5C(=O)[C@@H](NC(=O)OC(C)(C)C)[C@H](C)CC)[nH]4)cc3)cc2)[nH]1. The first-order chi connectivity index (χ1) is 29.3. The highest BCUT2D eigenvalue weighted by atomic mass is 16.6. The summed E-state index contributed by atoms with van der Waals surface area (Å²) in [6.07, 6.45) is 7.14. The molecule has 4 aromatic rings. The number of aromatic nitrogens is 4. The number of nitrogens with one attached hydrogen (secondary N) is 4. The molecular formula is C48H66N8O6. The number of H-pyrrole nitrogens is 2. The van der Waals surface area contributed by atoms with Crippen molar-refractivity contribution in [2.24, 2.45) is 11.8 Å². The number of amides is 4. The molecule has 0 spiro atoms. The van der Waals surface area contributed by atoms with E-state index in [4.69, 9.17) is 19.4 Å². The molecule has 4 N–H and O–H groups in total. The van der Waals surface area contributed by atoms with Crippen molar-refractivity contribution < 1.29 is 28.7 Å². The number of alkyl carbamates (subject to hydrolysis) is 2. The average Bonchev–Trinajstić information content (AvgIpc) is 4.07. The Morgan fingerprint density at radius 1 is 0.629 bits per heavy atom. The average molecular weight is 851 g/mol. The lowest BCUT2D eigenvalue weighted by molar-refractivity contribution is -0.136. The lowest BCUT2D eigenvalue weighted by atomic mass is 9.97. The third kappa shape index (κ3) is 11.0. The number of aromatic amines is 2. The van der Waals surface area contributed by atoms with Gasteiger partial charge in [-0.1, -0.05) is 89.1 Å². The van der Waals surface area contributed by atoms with Crippen LogP contribution in [0.5, 0.6) is 0 Å². The van der Waals surface area contributed by atoms with Gasteiger partial charge >= 0.3 is 12.2 Å². The molecule has 6 rings (SSSR count). The number of ether oxygens (including phenoxy) is 2. The van der Waals surface area contributed by atoms with Gasteiger partial charge < -0.3 is 39.9 Å². The van der Waals surface area contributed by atoms with Crippen LogP contribution in [0.1, 0.15) is 131 Å². The van der Waals surface area contributed by atoms with Crippen LogP contribution in [-0.2, 0) is 19.1 Å². The van der Waals surface area contributed by atoms with E-state index in [1.807, 2.05) is 49.9 Å². The summed E-state index contributed by atoms with van der Waals surface area (Å²) in [5, 5.41) is 5.71. The largest absolute Gasteiger partial charge is 0.444 e. The van der Waals surface area contributed by atoms with Gasteiger partial charge in [0.25, 0.3) is 0 Å². The van der Waals surface area contributed by atoms with Crippen molar-refractivity contribution in [3.05, 3.63) is 72.6 Å². The van der Waals surface area contributed by atoms with Gasteiger partial charge in [0.15, 0.2) is 0 Å². The van der Waals surface area contributed by atoms with E-state index in [0.29, 0.717) is 13.1 Å². The minimum atomic E-state index is -0.700. The fourth-order valence-electron chi connectivity index (χ4n) is 8.21. The number of carbonyl (C=O) groups is 4. The van der Waals surface area contributed by atoms with Gasteiger partial charge in [0, 0.05) is 13.1 Å². The second-order valence-electron chi connectivity index (χ2n) is 18.9. The topological polar surface area (TPSA) is 175 Å². The standard InChI is InChI=1S/C48H66N8O6/c1-11-29(3)39(53-45(59)61-47(5,6)7)43(57)55-25-13-15-37(55)41-49-27-35(51-41)33-21-17-31(18-22-33)32-19-23-34(24-20-32)36-28-50-42(52-36)38-16-14-26-56(38)44(58)40(30(4)12-2)54-46(60)62-48(8,9)10/h17-24,27-30,37-40H,11-16,25-26H2,1-10H3,(H,49,51)(H,50,52)(H,53,59)(H,54,60)/t29-,30-,37+,38?,39+,40+/m1/s1. The summed E-state index contributed by atoms with van der Waals surface area (Å²) in [7, 11) is 0. The zero-order chi connectivity index (χ0) is 44.9. The first kappa shape index (κ1) is 45.9. The minimum absolute atomic E-state index is 0.0749. The third-order valence-corrected chi connectivity index (χ3v) is 11.9. The summed E-state index contributed by atoms with van der Waals surface area (Å²) in [5.74, 6) is 1.06. The minimum Gasteiger partial charge on any atom is -0.444 e.